The van der Waals surface area contributed by atoms with Crippen LogP contribution in [0.5, 0.6) is 5.75 Å². The van der Waals surface area contributed by atoms with Gasteiger partial charge in [-0.15, -0.1) is 0 Å². The zero-order valence-electron chi connectivity index (χ0n) is 12.6. The van der Waals surface area contributed by atoms with Crippen molar-refractivity contribution in [3.8, 4) is 17.6 Å². The monoisotopic (exact) mass is 289 g/mol. The molecule has 0 saturated carbocycles. The maximum atomic E-state index is 8.70. The van der Waals surface area contributed by atoms with Crippen LogP contribution < -0.4 is 4.74 Å². The normalized spacial score (nSPS) is 16.3. The summed E-state index contributed by atoms with van der Waals surface area (Å²) in [6, 6.07) is 1.89. The Labute approximate surface area is 126 Å². The fraction of sp³-hybridized carbons (Fsp3) is 0.562. The van der Waals surface area contributed by atoms with Gasteiger partial charge in [-0.1, -0.05) is 11.8 Å². The molecule has 0 atom stereocenters. The summed E-state index contributed by atoms with van der Waals surface area (Å²) in [5.74, 6) is 6.59. The van der Waals surface area contributed by atoms with Crippen LogP contribution in [-0.2, 0) is 0 Å². The molecule has 1 aliphatic rings. The van der Waals surface area contributed by atoms with Crippen LogP contribution in [0.2, 0.25) is 0 Å². The van der Waals surface area contributed by atoms with E-state index in [1.807, 2.05) is 6.07 Å². The van der Waals surface area contributed by atoms with Crippen molar-refractivity contribution in [3.63, 3.8) is 0 Å². The van der Waals surface area contributed by atoms with Gasteiger partial charge in [0.15, 0.2) is 0 Å². The first-order valence-corrected chi connectivity index (χ1v) is 7.36. The minimum Gasteiger partial charge on any atom is -0.491 e. The van der Waals surface area contributed by atoms with Gasteiger partial charge in [-0.25, -0.2) is 0 Å². The lowest BCUT2D eigenvalue weighted by molar-refractivity contribution is 0.133. The van der Waals surface area contributed by atoms with Crippen molar-refractivity contribution in [2.24, 2.45) is 0 Å². The highest BCUT2D eigenvalue weighted by Gasteiger charge is 2.13. The summed E-state index contributed by atoms with van der Waals surface area (Å²) >= 11 is 0. The Hall–Kier alpha value is -1.61. The van der Waals surface area contributed by atoms with Crippen molar-refractivity contribution < 1.29 is 9.84 Å². The van der Waals surface area contributed by atoms with Crippen LogP contribution in [0.1, 0.15) is 12.0 Å². The first-order valence-electron chi connectivity index (χ1n) is 7.36. The topological polar surface area (TPSA) is 48.8 Å². The summed E-state index contributed by atoms with van der Waals surface area (Å²) in [5, 5.41) is 8.70. The summed E-state index contributed by atoms with van der Waals surface area (Å²) in [7, 11) is 2.16. The molecule has 1 aromatic rings. The van der Waals surface area contributed by atoms with Crippen LogP contribution in [0, 0.1) is 11.8 Å². The van der Waals surface area contributed by atoms with E-state index >= 15 is 0 Å². The molecule has 1 N–H and O–H groups in total. The number of aromatic nitrogens is 1. The largest absolute Gasteiger partial charge is 0.491 e. The van der Waals surface area contributed by atoms with Crippen LogP contribution >= 0.6 is 0 Å². The van der Waals surface area contributed by atoms with Gasteiger partial charge in [0.2, 0.25) is 0 Å². The lowest BCUT2D eigenvalue weighted by Gasteiger charge is -2.32. The van der Waals surface area contributed by atoms with Gasteiger partial charge in [0, 0.05) is 50.9 Å². The summed E-state index contributed by atoms with van der Waals surface area (Å²) in [6.45, 7) is 6.14. The van der Waals surface area contributed by atoms with E-state index in [1.54, 1.807) is 12.4 Å². The highest BCUT2D eigenvalue weighted by atomic mass is 16.5. The number of ether oxygens (including phenoxy) is 1. The van der Waals surface area contributed by atoms with E-state index < -0.39 is 0 Å². The molecule has 0 amide bonds. The molecular formula is C16H23N3O2. The average Bonchev–Trinajstić information content (AvgIpc) is 2.50. The van der Waals surface area contributed by atoms with E-state index in [1.165, 1.54) is 0 Å². The second-order valence-electron chi connectivity index (χ2n) is 5.18. The maximum absolute atomic E-state index is 8.70. The van der Waals surface area contributed by atoms with Crippen LogP contribution in [0.25, 0.3) is 0 Å². The van der Waals surface area contributed by atoms with Gasteiger partial charge in [-0.3, -0.25) is 9.88 Å². The highest BCUT2D eigenvalue weighted by Crippen LogP contribution is 2.10. The number of likely N-dealkylation sites (N-methyl/N-ethyl adjacent to an activating group) is 1. The molecule has 2 rings (SSSR count). The van der Waals surface area contributed by atoms with Crippen LogP contribution in [0.4, 0.5) is 0 Å². The van der Waals surface area contributed by atoms with Crippen molar-refractivity contribution in [2.45, 2.75) is 6.42 Å². The van der Waals surface area contributed by atoms with Crippen molar-refractivity contribution in [1.29, 1.82) is 0 Å². The smallest absolute Gasteiger partial charge is 0.138 e. The van der Waals surface area contributed by atoms with Gasteiger partial charge in [-0.05, 0) is 13.1 Å². The molecule has 0 bridgehead atoms. The van der Waals surface area contributed by atoms with Gasteiger partial charge in [0.05, 0.1) is 12.8 Å². The molecule has 5 nitrogen and oxygen atoms in total. The second-order valence-corrected chi connectivity index (χ2v) is 5.18. The Morgan fingerprint density at radius 2 is 2.10 bits per heavy atom. The molecule has 1 aliphatic heterocycles. The van der Waals surface area contributed by atoms with Gasteiger partial charge in [-0.2, -0.15) is 0 Å². The molecule has 0 aromatic carbocycles. The number of nitrogens with zero attached hydrogens (tertiary/aromatic N) is 3. The molecule has 0 unspecified atom stereocenters. The van der Waals surface area contributed by atoms with Gasteiger partial charge in [0.25, 0.3) is 0 Å². The SMILES string of the molecule is CN1CCN(CCOc2cncc(C#CCCO)c2)CC1. The van der Waals surface area contributed by atoms with Crippen LogP contribution in [0.3, 0.4) is 0 Å². The second kappa shape index (κ2) is 8.63. The quantitative estimate of drug-likeness (QED) is 0.797. The van der Waals surface area contributed by atoms with E-state index in [0.29, 0.717) is 13.0 Å². The molecule has 1 aromatic heterocycles. The molecule has 0 radical (unpaired) electrons. The number of hydrogen-bond donors (Lipinski definition) is 1. The number of aliphatic hydroxyl groups excluding tert-OH is 1. The fourth-order valence-corrected chi connectivity index (χ4v) is 2.15. The molecule has 2 heterocycles. The van der Waals surface area contributed by atoms with Gasteiger partial charge < -0.3 is 14.7 Å². The lowest BCUT2D eigenvalue weighted by Crippen LogP contribution is -2.45. The van der Waals surface area contributed by atoms with Crippen LogP contribution in [-0.4, -0.2) is 72.9 Å². The van der Waals surface area contributed by atoms with E-state index in [4.69, 9.17) is 9.84 Å². The molecule has 1 fully saturated rings. The number of pyridine rings is 1. The van der Waals surface area contributed by atoms with E-state index in [0.717, 1.165) is 44.0 Å². The summed E-state index contributed by atoms with van der Waals surface area (Å²) in [6.07, 6.45) is 3.90. The summed E-state index contributed by atoms with van der Waals surface area (Å²) in [5.41, 5.74) is 0.820. The Morgan fingerprint density at radius 3 is 2.86 bits per heavy atom. The average molecular weight is 289 g/mol. The van der Waals surface area contributed by atoms with E-state index in [9.17, 15) is 0 Å². The minimum absolute atomic E-state index is 0.0850. The lowest BCUT2D eigenvalue weighted by atomic mass is 10.2. The van der Waals surface area contributed by atoms with Crippen molar-refractivity contribution in [1.82, 2.24) is 14.8 Å². The predicted octanol–water partition coefficient (Wildman–Crippen LogP) is 0.442. The first-order chi connectivity index (χ1) is 10.3. The Bertz CT molecular complexity index is 488. The number of piperazine rings is 1. The third-order valence-electron chi connectivity index (χ3n) is 3.45. The minimum atomic E-state index is 0.0850. The summed E-state index contributed by atoms with van der Waals surface area (Å²) in [4.78, 5) is 8.89. The third-order valence-corrected chi connectivity index (χ3v) is 3.45. The Balaban J connectivity index is 1.75. The number of hydrogen-bond acceptors (Lipinski definition) is 5. The third kappa shape index (κ3) is 5.72. The van der Waals surface area contributed by atoms with Crippen molar-refractivity contribution in [3.05, 3.63) is 24.0 Å². The van der Waals surface area contributed by atoms with E-state index in [-0.39, 0.29) is 6.61 Å². The molecule has 1 saturated heterocycles. The Kier molecular flexibility index (Phi) is 6.48. The first kappa shape index (κ1) is 15.8. The highest BCUT2D eigenvalue weighted by molar-refractivity contribution is 5.36. The molecule has 5 heteroatoms. The van der Waals surface area contributed by atoms with Crippen LogP contribution in [0.15, 0.2) is 18.5 Å². The fourth-order valence-electron chi connectivity index (χ4n) is 2.15. The maximum Gasteiger partial charge on any atom is 0.138 e. The number of rotatable bonds is 5. The Morgan fingerprint density at radius 1 is 1.29 bits per heavy atom. The van der Waals surface area contributed by atoms with Gasteiger partial charge in [0.1, 0.15) is 12.4 Å². The molecule has 114 valence electrons. The zero-order valence-corrected chi connectivity index (χ0v) is 12.6. The predicted molar refractivity (Wildman–Crippen MR) is 82.2 cm³/mol. The molecule has 0 aliphatic carbocycles. The molecule has 0 spiro atoms. The summed E-state index contributed by atoms with van der Waals surface area (Å²) < 4.78 is 5.75. The number of aliphatic hydroxyl groups is 1. The van der Waals surface area contributed by atoms with Gasteiger partial charge >= 0.3 is 0 Å². The molecular weight excluding hydrogens is 266 g/mol. The zero-order chi connectivity index (χ0) is 14.9. The standard InChI is InChI=1S/C16H23N3O2/c1-18-5-7-19(8-6-18)9-11-21-16-12-15(13-17-14-16)4-2-3-10-20/h12-14,20H,3,5-11H2,1H3. The molecule has 21 heavy (non-hydrogen) atoms. The van der Waals surface area contributed by atoms with Crippen molar-refractivity contribution in [2.75, 3.05) is 53.0 Å². The van der Waals surface area contributed by atoms with E-state index in [2.05, 4.69) is 33.7 Å². The van der Waals surface area contributed by atoms with Crippen molar-refractivity contribution >= 4 is 0 Å².